The second-order valence-electron chi connectivity index (χ2n) is 4.47. The van der Waals surface area contributed by atoms with Gasteiger partial charge in [0.2, 0.25) is 0 Å². The molecule has 2 aromatic rings. The molecule has 0 spiro atoms. The van der Waals surface area contributed by atoms with Crippen molar-refractivity contribution < 1.29 is 9.90 Å². The Morgan fingerprint density at radius 2 is 2.05 bits per heavy atom. The van der Waals surface area contributed by atoms with Gasteiger partial charge in [-0.2, -0.15) is 5.10 Å². The zero-order chi connectivity index (χ0) is 14.9. The fourth-order valence-corrected chi connectivity index (χ4v) is 2.41. The summed E-state index contributed by atoms with van der Waals surface area (Å²) in [5.41, 5.74) is 2.13. The van der Waals surface area contributed by atoms with Gasteiger partial charge in [0.25, 0.3) is 0 Å². The quantitative estimate of drug-likeness (QED) is 0.923. The minimum Gasteiger partial charge on any atom is -0.478 e. The standard InChI is InChI=1S/C14H14Cl2N2O2/c1-3-4-12-13(14(19)20)8(2)18(17-12)9-5-6-10(15)11(16)7-9/h5-7H,3-4H2,1-2H3,(H,19,20). The van der Waals surface area contributed by atoms with E-state index in [-0.39, 0.29) is 5.56 Å². The van der Waals surface area contributed by atoms with Crippen LogP contribution in [0.5, 0.6) is 0 Å². The van der Waals surface area contributed by atoms with Crippen LogP contribution < -0.4 is 0 Å². The lowest BCUT2D eigenvalue weighted by Gasteiger charge is -2.05. The summed E-state index contributed by atoms with van der Waals surface area (Å²) in [6.45, 7) is 3.72. The third-order valence-corrected chi connectivity index (χ3v) is 3.78. The van der Waals surface area contributed by atoms with Gasteiger partial charge in [0, 0.05) is 0 Å². The molecule has 0 aliphatic heterocycles. The summed E-state index contributed by atoms with van der Waals surface area (Å²) in [7, 11) is 0. The van der Waals surface area contributed by atoms with E-state index >= 15 is 0 Å². The van der Waals surface area contributed by atoms with E-state index in [1.807, 2.05) is 6.92 Å². The van der Waals surface area contributed by atoms with Crippen molar-refractivity contribution in [3.8, 4) is 5.69 Å². The Balaban J connectivity index is 2.59. The van der Waals surface area contributed by atoms with Crippen molar-refractivity contribution in [3.63, 3.8) is 0 Å². The number of hydrogen-bond donors (Lipinski definition) is 1. The third-order valence-electron chi connectivity index (χ3n) is 3.04. The summed E-state index contributed by atoms with van der Waals surface area (Å²) < 4.78 is 1.59. The van der Waals surface area contributed by atoms with Gasteiger partial charge in [-0.15, -0.1) is 0 Å². The maximum absolute atomic E-state index is 11.4. The summed E-state index contributed by atoms with van der Waals surface area (Å²) in [5, 5.41) is 14.6. The summed E-state index contributed by atoms with van der Waals surface area (Å²) in [6, 6.07) is 5.10. The second-order valence-corrected chi connectivity index (χ2v) is 5.29. The van der Waals surface area contributed by atoms with Gasteiger partial charge in [0.15, 0.2) is 0 Å². The first kappa shape index (κ1) is 14.9. The van der Waals surface area contributed by atoms with Gasteiger partial charge in [0.1, 0.15) is 5.56 Å². The maximum atomic E-state index is 11.4. The molecule has 0 atom stereocenters. The Labute approximate surface area is 126 Å². The molecule has 0 saturated heterocycles. The van der Waals surface area contributed by atoms with Gasteiger partial charge in [-0.25, -0.2) is 9.48 Å². The average Bonchev–Trinajstić information content (AvgIpc) is 2.70. The van der Waals surface area contributed by atoms with Crippen LogP contribution in [0.3, 0.4) is 0 Å². The SMILES string of the molecule is CCCc1nn(-c2ccc(Cl)c(Cl)c2)c(C)c1C(=O)O. The van der Waals surface area contributed by atoms with Crippen LogP contribution in [0.1, 0.15) is 35.1 Å². The molecule has 6 heteroatoms. The van der Waals surface area contributed by atoms with Gasteiger partial charge in [0.05, 0.1) is 27.1 Å². The summed E-state index contributed by atoms with van der Waals surface area (Å²) in [4.78, 5) is 11.4. The monoisotopic (exact) mass is 312 g/mol. The topological polar surface area (TPSA) is 55.1 Å². The molecule has 0 unspecified atom stereocenters. The molecular formula is C14H14Cl2N2O2. The number of benzene rings is 1. The van der Waals surface area contributed by atoms with Crippen molar-refractivity contribution in [1.82, 2.24) is 9.78 Å². The molecule has 1 aromatic carbocycles. The Morgan fingerprint density at radius 1 is 1.35 bits per heavy atom. The second kappa shape index (κ2) is 5.85. The number of aromatic carboxylic acids is 1. The molecule has 1 heterocycles. The Bertz CT molecular complexity index is 665. The van der Waals surface area contributed by atoms with Crippen molar-refractivity contribution in [1.29, 1.82) is 0 Å². The van der Waals surface area contributed by atoms with Crippen LogP contribution in [0.4, 0.5) is 0 Å². The summed E-state index contributed by atoms with van der Waals surface area (Å²) >= 11 is 11.9. The van der Waals surface area contributed by atoms with Gasteiger partial charge < -0.3 is 5.11 Å². The lowest BCUT2D eigenvalue weighted by molar-refractivity contribution is 0.0695. The first-order chi connectivity index (χ1) is 9.45. The van der Waals surface area contributed by atoms with Crippen LogP contribution in [-0.4, -0.2) is 20.9 Å². The number of halogens is 2. The Morgan fingerprint density at radius 3 is 2.60 bits per heavy atom. The number of rotatable bonds is 4. The van der Waals surface area contributed by atoms with E-state index in [1.165, 1.54) is 0 Å². The van der Waals surface area contributed by atoms with Crippen molar-refractivity contribution in [2.75, 3.05) is 0 Å². The molecule has 1 aromatic heterocycles. The fourth-order valence-electron chi connectivity index (χ4n) is 2.12. The van der Waals surface area contributed by atoms with E-state index in [9.17, 15) is 9.90 Å². The molecule has 0 amide bonds. The normalized spacial score (nSPS) is 10.8. The number of hydrogen-bond acceptors (Lipinski definition) is 2. The predicted molar refractivity (Wildman–Crippen MR) is 79.3 cm³/mol. The van der Waals surface area contributed by atoms with Crippen LogP contribution in [0.2, 0.25) is 10.0 Å². The molecule has 0 aliphatic carbocycles. The lowest BCUT2D eigenvalue weighted by Crippen LogP contribution is -2.03. The zero-order valence-electron chi connectivity index (χ0n) is 11.2. The molecule has 0 fully saturated rings. The Hall–Kier alpha value is -1.52. The van der Waals surface area contributed by atoms with E-state index in [1.54, 1.807) is 29.8 Å². The molecule has 106 valence electrons. The van der Waals surface area contributed by atoms with E-state index in [4.69, 9.17) is 23.2 Å². The maximum Gasteiger partial charge on any atom is 0.339 e. The predicted octanol–water partition coefficient (Wildman–Crippen LogP) is 4.14. The average molecular weight is 313 g/mol. The molecule has 0 aliphatic rings. The number of aromatic nitrogens is 2. The summed E-state index contributed by atoms with van der Waals surface area (Å²) in [6.07, 6.45) is 1.45. The number of aryl methyl sites for hydroxylation is 1. The molecule has 4 nitrogen and oxygen atoms in total. The number of carbonyl (C=O) groups is 1. The minimum absolute atomic E-state index is 0.262. The largest absolute Gasteiger partial charge is 0.478 e. The first-order valence-electron chi connectivity index (χ1n) is 6.23. The number of carboxylic acids is 1. The zero-order valence-corrected chi connectivity index (χ0v) is 12.7. The van der Waals surface area contributed by atoms with Crippen LogP contribution >= 0.6 is 23.2 Å². The van der Waals surface area contributed by atoms with Crippen LogP contribution in [0.25, 0.3) is 5.69 Å². The van der Waals surface area contributed by atoms with Crippen LogP contribution in [-0.2, 0) is 6.42 Å². The van der Waals surface area contributed by atoms with Crippen molar-refractivity contribution in [3.05, 3.63) is 45.2 Å². The van der Waals surface area contributed by atoms with Gasteiger partial charge >= 0.3 is 5.97 Å². The third kappa shape index (κ3) is 2.67. The van der Waals surface area contributed by atoms with Crippen molar-refractivity contribution in [2.45, 2.75) is 26.7 Å². The highest BCUT2D eigenvalue weighted by Gasteiger charge is 2.20. The smallest absolute Gasteiger partial charge is 0.339 e. The van der Waals surface area contributed by atoms with Gasteiger partial charge in [-0.05, 0) is 31.5 Å². The van der Waals surface area contributed by atoms with E-state index < -0.39 is 5.97 Å². The van der Waals surface area contributed by atoms with Crippen LogP contribution in [0.15, 0.2) is 18.2 Å². The minimum atomic E-state index is -0.961. The Kier molecular flexibility index (Phi) is 4.35. The van der Waals surface area contributed by atoms with Gasteiger partial charge in [-0.3, -0.25) is 0 Å². The molecular weight excluding hydrogens is 299 g/mol. The molecule has 0 bridgehead atoms. The molecule has 0 saturated carbocycles. The summed E-state index contributed by atoms with van der Waals surface area (Å²) in [5.74, 6) is -0.961. The molecule has 20 heavy (non-hydrogen) atoms. The first-order valence-corrected chi connectivity index (χ1v) is 6.98. The lowest BCUT2D eigenvalue weighted by atomic mass is 10.1. The van der Waals surface area contributed by atoms with Crippen molar-refractivity contribution >= 4 is 29.2 Å². The molecule has 0 radical (unpaired) electrons. The van der Waals surface area contributed by atoms with E-state index in [0.717, 1.165) is 6.42 Å². The molecule has 2 rings (SSSR count). The fraction of sp³-hybridized carbons (Fsp3) is 0.286. The van der Waals surface area contributed by atoms with Gasteiger partial charge in [-0.1, -0.05) is 36.5 Å². The number of nitrogens with zero attached hydrogens (tertiary/aromatic N) is 2. The highest BCUT2D eigenvalue weighted by molar-refractivity contribution is 6.42. The highest BCUT2D eigenvalue weighted by Crippen LogP contribution is 2.26. The van der Waals surface area contributed by atoms with E-state index in [2.05, 4.69) is 5.10 Å². The number of carboxylic acid groups (broad SMARTS) is 1. The van der Waals surface area contributed by atoms with Crippen LogP contribution in [0, 0.1) is 6.92 Å². The van der Waals surface area contributed by atoms with Crippen molar-refractivity contribution in [2.24, 2.45) is 0 Å². The molecule has 1 N–H and O–H groups in total. The van der Waals surface area contributed by atoms with E-state index in [0.29, 0.717) is 33.5 Å². The highest BCUT2D eigenvalue weighted by atomic mass is 35.5.